The average Bonchev–Trinajstić information content (AvgIpc) is 2.82. The summed E-state index contributed by atoms with van der Waals surface area (Å²) in [5, 5.41) is 3.65. The minimum atomic E-state index is 0.666. The molecule has 1 aliphatic rings. The quantitative estimate of drug-likeness (QED) is 0.921. The molecule has 0 spiro atoms. The average molecular weight is 261 g/mol. The van der Waals surface area contributed by atoms with Crippen molar-refractivity contribution in [2.45, 2.75) is 32.4 Å². The summed E-state index contributed by atoms with van der Waals surface area (Å²) < 4.78 is 2.19. The van der Waals surface area contributed by atoms with Crippen molar-refractivity contribution in [2.24, 2.45) is 0 Å². The molecule has 1 saturated heterocycles. The van der Waals surface area contributed by atoms with Gasteiger partial charge in [0.05, 0.1) is 11.9 Å². The lowest BCUT2D eigenvalue weighted by Crippen LogP contribution is -2.33. The lowest BCUT2D eigenvalue weighted by atomic mass is 10.2. The van der Waals surface area contributed by atoms with Crippen LogP contribution in [-0.4, -0.2) is 26.9 Å². The summed E-state index contributed by atoms with van der Waals surface area (Å²) in [7, 11) is 0. The fraction of sp³-hybridized carbons (Fsp3) is 0.500. The van der Waals surface area contributed by atoms with Gasteiger partial charge in [0.1, 0.15) is 5.65 Å². The third-order valence-electron chi connectivity index (χ3n) is 3.54. The number of pyridine rings is 1. The molecule has 0 bridgehead atoms. The van der Waals surface area contributed by atoms with Gasteiger partial charge < -0.3 is 9.72 Å². The molecule has 2 aromatic heterocycles. The first-order valence-corrected chi connectivity index (χ1v) is 7.73. The van der Waals surface area contributed by atoms with Crippen molar-refractivity contribution in [2.75, 3.05) is 11.5 Å². The highest BCUT2D eigenvalue weighted by molar-refractivity contribution is 7.99. The molecule has 2 aromatic rings. The Morgan fingerprint density at radius 1 is 1.56 bits per heavy atom. The molecular weight excluding hydrogens is 242 g/mol. The van der Waals surface area contributed by atoms with Gasteiger partial charge in [-0.1, -0.05) is 6.07 Å². The standard InChI is InChI=1S/C14H19N3S/c1-11-4-2-6-17-13(9-16-14(11)17)8-15-12-5-3-7-18-10-12/h2,4,6,9,12,15H,3,5,7-8,10H2,1H3/t12-/m1/s1. The highest BCUT2D eigenvalue weighted by atomic mass is 32.2. The molecule has 0 aliphatic carbocycles. The molecule has 0 saturated carbocycles. The molecule has 1 aliphatic heterocycles. The Balaban J connectivity index is 1.72. The van der Waals surface area contributed by atoms with E-state index < -0.39 is 0 Å². The van der Waals surface area contributed by atoms with Gasteiger partial charge in [-0.3, -0.25) is 0 Å². The second-order valence-corrected chi connectivity index (χ2v) is 6.08. The first-order valence-electron chi connectivity index (χ1n) is 6.57. The molecule has 1 fully saturated rings. The van der Waals surface area contributed by atoms with Gasteiger partial charge in [0.15, 0.2) is 0 Å². The van der Waals surface area contributed by atoms with Crippen molar-refractivity contribution in [3.8, 4) is 0 Å². The van der Waals surface area contributed by atoms with Crippen molar-refractivity contribution in [1.29, 1.82) is 0 Å². The first kappa shape index (κ1) is 12.1. The molecule has 0 radical (unpaired) electrons. The summed E-state index contributed by atoms with van der Waals surface area (Å²) in [5.74, 6) is 2.57. The van der Waals surface area contributed by atoms with Gasteiger partial charge >= 0.3 is 0 Å². The predicted octanol–water partition coefficient (Wildman–Crippen LogP) is 2.63. The molecule has 4 heteroatoms. The van der Waals surface area contributed by atoms with E-state index in [4.69, 9.17) is 0 Å². The fourth-order valence-corrected chi connectivity index (χ4v) is 3.59. The second kappa shape index (κ2) is 5.33. The Hall–Kier alpha value is -1.00. The summed E-state index contributed by atoms with van der Waals surface area (Å²) in [4.78, 5) is 4.50. The maximum Gasteiger partial charge on any atom is 0.139 e. The minimum Gasteiger partial charge on any atom is -0.308 e. The van der Waals surface area contributed by atoms with Crippen LogP contribution in [0.15, 0.2) is 24.5 Å². The second-order valence-electron chi connectivity index (χ2n) is 4.93. The van der Waals surface area contributed by atoms with Crippen molar-refractivity contribution >= 4 is 17.4 Å². The maximum atomic E-state index is 4.50. The van der Waals surface area contributed by atoms with E-state index in [0.717, 1.165) is 12.2 Å². The summed E-state index contributed by atoms with van der Waals surface area (Å²) in [6.07, 6.45) is 6.74. The molecule has 0 amide bonds. The smallest absolute Gasteiger partial charge is 0.139 e. The highest BCUT2D eigenvalue weighted by Gasteiger charge is 2.13. The third-order valence-corrected chi connectivity index (χ3v) is 4.76. The Bertz CT molecular complexity index is 529. The lowest BCUT2D eigenvalue weighted by Gasteiger charge is -2.22. The van der Waals surface area contributed by atoms with Crippen LogP contribution < -0.4 is 5.32 Å². The largest absolute Gasteiger partial charge is 0.308 e. The van der Waals surface area contributed by atoms with E-state index in [-0.39, 0.29) is 0 Å². The molecule has 3 rings (SSSR count). The van der Waals surface area contributed by atoms with Crippen LogP contribution in [0.3, 0.4) is 0 Å². The number of aromatic nitrogens is 2. The third kappa shape index (κ3) is 2.40. The SMILES string of the molecule is Cc1cccn2c(CN[C@@H]3CCCSC3)cnc12. The molecule has 3 heterocycles. The van der Waals surface area contributed by atoms with Gasteiger partial charge in [0.2, 0.25) is 0 Å². The van der Waals surface area contributed by atoms with Gasteiger partial charge in [0, 0.05) is 24.5 Å². The number of imidazole rings is 1. The maximum absolute atomic E-state index is 4.50. The van der Waals surface area contributed by atoms with E-state index in [1.54, 1.807) is 0 Å². The number of nitrogens with zero attached hydrogens (tertiary/aromatic N) is 2. The van der Waals surface area contributed by atoms with Crippen LogP contribution in [0.4, 0.5) is 0 Å². The van der Waals surface area contributed by atoms with E-state index in [0.29, 0.717) is 6.04 Å². The van der Waals surface area contributed by atoms with Crippen LogP contribution in [0.2, 0.25) is 0 Å². The van der Waals surface area contributed by atoms with Crippen LogP contribution in [0, 0.1) is 6.92 Å². The van der Waals surface area contributed by atoms with Crippen LogP contribution >= 0.6 is 11.8 Å². The summed E-state index contributed by atoms with van der Waals surface area (Å²) in [5.41, 5.74) is 3.56. The zero-order valence-electron chi connectivity index (χ0n) is 10.7. The van der Waals surface area contributed by atoms with Crippen LogP contribution in [0.5, 0.6) is 0 Å². The highest BCUT2D eigenvalue weighted by Crippen LogP contribution is 2.17. The molecular formula is C14H19N3S. The molecule has 1 N–H and O–H groups in total. The van der Waals surface area contributed by atoms with Gasteiger partial charge in [-0.05, 0) is 37.1 Å². The number of fused-ring (bicyclic) bond motifs is 1. The lowest BCUT2D eigenvalue weighted by molar-refractivity contribution is 0.502. The Morgan fingerprint density at radius 2 is 2.50 bits per heavy atom. The summed E-state index contributed by atoms with van der Waals surface area (Å²) in [6, 6.07) is 4.86. The molecule has 0 aromatic carbocycles. The van der Waals surface area contributed by atoms with E-state index in [1.165, 1.54) is 35.6 Å². The number of aryl methyl sites for hydroxylation is 1. The number of hydrogen-bond donors (Lipinski definition) is 1. The van der Waals surface area contributed by atoms with Crippen LogP contribution in [-0.2, 0) is 6.54 Å². The zero-order valence-corrected chi connectivity index (χ0v) is 11.5. The molecule has 96 valence electrons. The molecule has 3 nitrogen and oxygen atoms in total. The van der Waals surface area contributed by atoms with Crippen molar-refractivity contribution in [3.05, 3.63) is 35.8 Å². The summed E-state index contributed by atoms with van der Waals surface area (Å²) in [6.45, 7) is 3.02. The van der Waals surface area contributed by atoms with Crippen molar-refractivity contribution < 1.29 is 0 Å². The van der Waals surface area contributed by atoms with Crippen LogP contribution in [0.1, 0.15) is 24.1 Å². The van der Waals surface area contributed by atoms with E-state index >= 15 is 0 Å². The topological polar surface area (TPSA) is 29.3 Å². The molecule has 1 atom stereocenters. The Morgan fingerprint density at radius 3 is 3.33 bits per heavy atom. The van der Waals surface area contributed by atoms with E-state index in [2.05, 4.69) is 51.7 Å². The van der Waals surface area contributed by atoms with Crippen LogP contribution in [0.25, 0.3) is 5.65 Å². The Labute approximate surface area is 112 Å². The van der Waals surface area contributed by atoms with Gasteiger partial charge in [0.25, 0.3) is 0 Å². The first-order chi connectivity index (χ1) is 8.84. The number of nitrogens with one attached hydrogen (secondary N) is 1. The minimum absolute atomic E-state index is 0.666. The fourth-order valence-electron chi connectivity index (χ4n) is 2.48. The van der Waals surface area contributed by atoms with E-state index in [1.807, 2.05) is 6.20 Å². The molecule has 0 unspecified atom stereocenters. The zero-order chi connectivity index (χ0) is 12.4. The van der Waals surface area contributed by atoms with Crippen molar-refractivity contribution in [3.63, 3.8) is 0 Å². The molecule has 18 heavy (non-hydrogen) atoms. The number of thioether (sulfide) groups is 1. The normalized spacial score (nSPS) is 20.4. The Kier molecular flexibility index (Phi) is 3.57. The van der Waals surface area contributed by atoms with Gasteiger partial charge in [-0.2, -0.15) is 11.8 Å². The number of rotatable bonds is 3. The monoisotopic (exact) mass is 261 g/mol. The predicted molar refractivity (Wildman–Crippen MR) is 77.1 cm³/mol. The number of hydrogen-bond acceptors (Lipinski definition) is 3. The summed E-state index contributed by atoms with van der Waals surface area (Å²) >= 11 is 2.06. The van der Waals surface area contributed by atoms with Gasteiger partial charge in [-0.25, -0.2) is 4.98 Å². The van der Waals surface area contributed by atoms with Gasteiger partial charge in [-0.15, -0.1) is 0 Å². The van der Waals surface area contributed by atoms with Crippen molar-refractivity contribution in [1.82, 2.24) is 14.7 Å². The van der Waals surface area contributed by atoms with E-state index in [9.17, 15) is 0 Å².